The van der Waals surface area contributed by atoms with Gasteiger partial charge in [-0.2, -0.15) is 0 Å². The summed E-state index contributed by atoms with van der Waals surface area (Å²) in [6, 6.07) is 13.1. The minimum absolute atomic E-state index is 0.00722. The van der Waals surface area contributed by atoms with E-state index in [0.717, 1.165) is 11.3 Å². The molecule has 5 heteroatoms. The van der Waals surface area contributed by atoms with E-state index in [2.05, 4.69) is 4.98 Å². The molecule has 2 atom stereocenters. The smallest absolute Gasteiger partial charge is 0.327 e. The number of pyridine rings is 1. The highest BCUT2D eigenvalue weighted by atomic mass is 32.2. The summed E-state index contributed by atoms with van der Waals surface area (Å²) in [5, 5.41) is 9.43. The van der Waals surface area contributed by atoms with Crippen LogP contribution in [0, 0.1) is 0 Å². The minimum atomic E-state index is -0.784. The summed E-state index contributed by atoms with van der Waals surface area (Å²) in [5.41, 5.74) is 1.96. The lowest BCUT2D eigenvalue weighted by atomic mass is 10.1. The first-order valence-corrected chi connectivity index (χ1v) is 7.40. The summed E-state index contributed by atoms with van der Waals surface area (Å²) in [6.07, 6.45) is 3.53. The van der Waals surface area contributed by atoms with Crippen LogP contribution in [0.25, 0.3) is 0 Å². The van der Waals surface area contributed by atoms with Gasteiger partial charge in [0.2, 0.25) is 0 Å². The molecule has 1 fully saturated rings. The van der Waals surface area contributed by atoms with E-state index in [9.17, 15) is 9.90 Å². The normalized spacial score (nSPS) is 21.9. The Bertz CT molecular complexity index is 591. The monoisotopic (exact) mass is 286 g/mol. The average molecular weight is 286 g/mol. The van der Waals surface area contributed by atoms with Crippen molar-refractivity contribution in [3.8, 4) is 0 Å². The summed E-state index contributed by atoms with van der Waals surface area (Å²) in [5.74, 6) is -0.211. The fourth-order valence-corrected chi connectivity index (χ4v) is 3.82. The molecule has 1 aliphatic rings. The third-order valence-electron chi connectivity index (χ3n) is 3.31. The van der Waals surface area contributed by atoms with Gasteiger partial charge in [0.1, 0.15) is 11.4 Å². The summed E-state index contributed by atoms with van der Waals surface area (Å²) in [4.78, 5) is 17.6. The van der Waals surface area contributed by atoms with Gasteiger partial charge in [-0.1, -0.05) is 24.3 Å². The van der Waals surface area contributed by atoms with Gasteiger partial charge in [-0.05, 0) is 18.2 Å². The molecule has 3 rings (SSSR count). The zero-order valence-corrected chi connectivity index (χ0v) is 11.5. The highest BCUT2D eigenvalue weighted by Crippen LogP contribution is 2.43. The van der Waals surface area contributed by atoms with Gasteiger partial charge in [-0.3, -0.25) is 4.98 Å². The number of para-hydroxylation sites is 1. The number of aliphatic carboxylic acids is 1. The minimum Gasteiger partial charge on any atom is -0.480 e. The van der Waals surface area contributed by atoms with Crippen LogP contribution in [-0.4, -0.2) is 27.9 Å². The first kappa shape index (κ1) is 13.0. The van der Waals surface area contributed by atoms with Crippen molar-refractivity contribution in [2.45, 2.75) is 11.4 Å². The molecule has 0 bridgehead atoms. The van der Waals surface area contributed by atoms with Gasteiger partial charge < -0.3 is 10.0 Å². The predicted octanol–water partition coefficient (Wildman–Crippen LogP) is 2.79. The Morgan fingerprint density at radius 2 is 2.05 bits per heavy atom. The zero-order chi connectivity index (χ0) is 13.9. The number of hydrogen-bond donors (Lipinski definition) is 1. The SMILES string of the molecule is O=C(O)C1CSC(c2cccnc2)N1c1ccccc1. The lowest BCUT2D eigenvalue weighted by molar-refractivity contribution is -0.137. The van der Waals surface area contributed by atoms with Crippen molar-refractivity contribution in [2.75, 3.05) is 10.7 Å². The number of aromatic nitrogens is 1. The average Bonchev–Trinajstić information content (AvgIpc) is 2.94. The third-order valence-corrected chi connectivity index (χ3v) is 4.63. The van der Waals surface area contributed by atoms with Crippen LogP contribution in [0.3, 0.4) is 0 Å². The van der Waals surface area contributed by atoms with E-state index in [1.165, 1.54) is 0 Å². The maximum absolute atomic E-state index is 11.5. The first-order valence-electron chi connectivity index (χ1n) is 6.35. The summed E-state index contributed by atoms with van der Waals surface area (Å²) >= 11 is 1.64. The van der Waals surface area contributed by atoms with Gasteiger partial charge in [-0.15, -0.1) is 11.8 Å². The van der Waals surface area contributed by atoms with Crippen LogP contribution in [-0.2, 0) is 4.79 Å². The summed E-state index contributed by atoms with van der Waals surface area (Å²) in [7, 11) is 0. The van der Waals surface area contributed by atoms with Crippen molar-refractivity contribution < 1.29 is 9.90 Å². The largest absolute Gasteiger partial charge is 0.480 e. The Kier molecular flexibility index (Phi) is 3.60. The van der Waals surface area contributed by atoms with E-state index in [4.69, 9.17) is 0 Å². The molecule has 1 aromatic carbocycles. The second kappa shape index (κ2) is 5.54. The van der Waals surface area contributed by atoms with Gasteiger partial charge >= 0.3 is 5.97 Å². The fourth-order valence-electron chi connectivity index (χ4n) is 2.39. The molecular weight excluding hydrogens is 272 g/mol. The number of carbonyl (C=O) groups is 1. The molecule has 1 N–H and O–H groups in total. The van der Waals surface area contributed by atoms with Crippen molar-refractivity contribution in [2.24, 2.45) is 0 Å². The molecule has 1 aromatic heterocycles. The summed E-state index contributed by atoms with van der Waals surface area (Å²) in [6.45, 7) is 0. The molecule has 4 nitrogen and oxygen atoms in total. The molecule has 2 aromatic rings. The topological polar surface area (TPSA) is 53.4 Å². The maximum Gasteiger partial charge on any atom is 0.327 e. The number of carboxylic acids is 1. The molecule has 1 saturated heterocycles. The van der Waals surface area contributed by atoms with E-state index in [1.807, 2.05) is 47.4 Å². The van der Waals surface area contributed by atoms with Crippen LogP contribution >= 0.6 is 11.8 Å². The Labute approximate surface area is 121 Å². The number of carboxylic acid groups (broad SMARTS) is 1. The lowest BCUT2D eigenvalue weighted by Crippen LogP contribution is -2.38. The van der Waals surface area contributed by atoms with E-state index >= 15 is 0 Å². The number of rotatable bonds is 3. The molecule has 0 amide bonds. The van der Waals surface area contributed by atoms with Crippen LogP contribution in [0.5, 0.6) is 0 Å². The van der Waals surface area contributed by atoms with Crippen molar-refractivity contribution in [1.29, 1.82) is 0 Å². The fraction of sp³-hybridized carbons (Fsp3) is 0.200. The van der Waals surface area contributed by atoms with Gasteiger partial charge in [0.15, 0.2) is 0 Å². The van der Waals surface area contributed by atoms with E-state index < -0.39 is 12.0 Å². The number of benzene rings is 1. The molecule has 0 spiro atoms. The molecule has 0 radical (unpaired) electrons. The molecule has 102 valence electrons. The molecule has 20 heavy (non-hydrogen) atoms. The molecular formula is C15H14N2O2S. The first-order chi connectivity index (χ1) is 9.77. The third kappa shape index (κ3) is 2.36. The number of nitrogens with zero attached hydrogens (tertiary/aromatic N) is 2. The quantitative estimate of drug-likeness (QED) is 0.940. The van der Waals surface area contributed by atoms with Crippen molar-refractivity contribution in [3.05, 3.63) is 60.4 Å². The summed E-state index contributed by atoms with van der Waals surface area (Å²) < 4.78 is 0. The molecule has 0 saturated carbocycles. The number of hydrogen-bond acceptors (Lipinski definition) is 4. The van der Waals surface area contributed by atoms with Crippen molar-refractivity contribution in [3.63, 3.8) is 0 Å². The van der Waals surface area contributed by atoms with Gasteiger partial charge in [0.25, 0.3) is 0 Å². The molecule has 0 aliphatic carbocycles. The van der Waals surface area contributed by atoms with Crippen LogP contribution in [0.15, 0.2) is 54.9 Å². The number of anilines is 1. The molecule has 2 unspecified atom stereocenters. The van der Waals surface area contributed by atoms with Crippen LogP contribution < -0.4 is 4.90 Å². The highest BCUT2D eigenvalue weighted by molar-refractivity contribution is 8.00. The van der Waals surface area contributed by atoms with Gasteiger partial charge in [0.05, 0.1) is 0 Å². The van der Waals surface area contributed by atoms with Crippen molar-refractivity contribution >= 4 is 23.4 Å². The van der Waals surface area contributed by atoms with Gasteiger partial charge in [0, 0.05) is 29.4 Å². The Morgan fingerprint density at radius 3 is 2.70 bits per heavy atom. The van der Waals surface area contributed by atoms with E-state index in [0.29, 0.717) is 5.75 Å². The molecule has 1 aliphatic heterocycles. The standard InChI is InChI=1S/C15H14N2O2S/c18-15(19)13-10-20-14(11-5-4-8-16-9-11)17(13)12-6-2-1-3-7-12/h1-9,13-14H,10H2,(H,18,19). The van der Waals surface area contributed by atoms with Crippen LogP contribution in [0.1, 0.15) is 10.9 Å². The van der Waals surface area contributed by atoms with E-state index in [1.54, 1.807) is 24.2 Å². The van der Waals surface area contributed by atoms with Crippen LogP contribution in [0.2, 0.25) is 0 Å². The van der Waals surface area contributed by atoms with Crippen molar-refractivity contribution in [1.82, 2.24) is 4.98 Å². The lowest BCUT2D eigenvalue weighted by Gasteiger charge is -2.29. The second-order valence-corrected chi connectivity index (χ2v) is 5.68. The van der Waals surface area contributed by atoms with Gasteiger partial charge in [-0.25, -0.2) is 4.79 Å². The highest BCUT2D eigenvalue weighted by Gasteiger charge is 2.39. The predicted molar refractivity (Wildman–Crippen MR) is 79.8 cm³/mol. The Hall–Kier alpha value is -2.01. The maximum atomic E-state index is 11.5. The Balaban J connectivity index is 2.00. The zero-order valence-electron chi connectivity index (χ0n) is 10.7. The molecule has 2 heterocycles. The van der Waals surface area contributed by atoms with E-state index in [-0.39, 0.29) is 5.37 Å². The van der Waals surface area contributed by atoms with Crippen LogP contribution in [0.4, 0.5) is 5.69 Å². The second-order valence-electron chi connectivity index (χ2n) is 4.57. The number of thioether (sulfide) groups is 1. The Morgan fingerprint density at radius 1 is 1.25 bits per heavy atom.